The van der Waals surface area contributed by atoms with Crippen LogP contribution in [0, 0.1) is 6.92 Å². The first-order chi connectivity index (χ1) is 8.78. The maximum Gasteiger partial charge on any atom is 0.140 e. The van der Waals surface area contributed by atoms with Crippen LogP contribution in [0.4, 0.5) is 0 Å². The fourth-order valence-corrected chi connectivity index (χ4v) is 2.31. The molecule has 0 atom stereocenters. The molecule has 0 saturated carbocycles. The Kier molecular flexibility index (Phi) is 4.73. The second-order valence-corrected chi connectivity index (χ2v) is 5.04. The van der Waals surface area contributed by atoms with Crippen LogP contribution in [0.25, 0.3) is 0 Å². The van der Waals surface area contributed by atoms with Crippen molar-refractivity contribution in [2.45, 2.75) is 27.0 Å². The lowest BCUT2D eigenvalue weighted by Crippen LogP contribution is -2.11. The van der Waals surface area contributed by atoms with Crippen LogP contribution in [-0.4, -0.2) is 11.5 Å². The molecule has 0 fully saturated rings. The Morgan fingerprint density at radius 3 is 3.00 bits per heavy atom. The lowest BCUT2D eigenvalue weighted by Gasteiger charge is -2.07. The smallest absolute Gasteiger partial charge is 0.140 e. The minimum atomic E-state index is 0.545. The number of hydrogen-bond acceptors (Lipinski definition) is 4. The molecule has 0 bridgehead atoms. The molecule has 96 valence electrons. The molecule has 1 aromatic heterocycles. The average Bonchev–Trinajstić information content (AvgIpc) is 2.80. The van der Waals surface area contributed by atoms with Gasteiger partial charge in [-0.2, -0.15) is 0 Å². The molecule has 0 amide bonds. The van der Waals surface area contributed by atoms with Crippen molar-refractivity contribution in [3.63, 3.8) is 0 Å². The topological polar surface area (TPSA) is 34.1 Å². The second-order valence-electron chi connectivity index (χ2n) is 4.10. The number of aryl methyl sites for hydroxylation is 1. The Morgan fingerprint density at radius 1 is 1.39 bits per heavy atom. The third-order valence-electron chi connectivity index (χ3n) is 2.51. The molecular weight excluding hydrogens is 244 g/mol. The lowest BCUT2D eigenvalue weighted by atomic mass is 10.2. The molecule has 0 unspecified atom stereocenters. The van der Waals surface area contributed by atoms with Gasteiger partial charge in [-0.3, -0.25) is 0 Å². The zero-order valence-corrected chi connectivity index (χ0v) is 11.6. The number of nitrogens with zero attached hydrogens (tertiary/aromatic N) is 1. The van der Waals surface area contributed by atoms with Gasteiger partial charge in [0.2, 0.25) is 0 Å². The molecule has 0 saturated heterocycles. The number of thiazole rings is 1. The van der Waals surface area contributed by atoms with Crippen LogP contribution in [-0.2, 0) is 13.2 Å². The van der Waals surface area contributed by atoms with E-state index in [1.54, 1.807) is 11.3 Å². The Balaban J connectivity index is 1.92. The highest BCUT2D eigenvalue weighted by atomic mass is 32.1. The summed E-state index contributed by atoms with van der Waals surface area (Å²) < 4.78 is 5.75. The maximum absolute atomic E-state index is 5.75. The molecule has 2 aromatic rings. The van der Waals surface area contributed by atoms with Gasteiger partial charge in [0.05, 0.1) is 0 Å². The molecule has 2 rings (SSSR count). The minimum absolute atomic E-state index is 0.545. The van der Waals surface area contributed by atoms with Gasteiger partial charge in [0, 0.05) is 17.6 Å². The van der Waals surface area contributed by atoms with Crippen molar-refractivity contribution in [3.05, 3.63) is 45.9 Å². The number of ether oxygens (including phenoxy) is 1. The molecule has 0 radical (unpaired) electrons. The Bertz CT molecular complexity index is 496. The molecule has 18 heavy (non-hydrogen) atoms. The first kappa shape index (κ1) is 13.1. The van der Waals surface area contributed by atoms with Crippen LogP contribution >= 0.6 is 11.3 Å². The quantitative estimate of drug-likeness (QED) is 0.868. The largest absolute Gasteiger partial charge is 0.486 e. The van der Waals surface area contributed by atoms with Crippen molar-refractivity contribution in [1.82, 2.24) is 10.3 Å². The molecular formula is C14H18N2OS. The molecule has 1 N–H and O–H groups in total. The summed E-state index contributed by atoms with van der Waals surface area (Å²) in [4.78, 5) is 4.38. The van der Waals surface area contributed by atoms with Gasteiger partial charge < -0.3 is 10.1 Å². The van der Waals surface area contributed by atoms with Crippen molar-refractivity contribution >= 4 is 11.3 Å². The molecule has 3 nitrogen and oxygen atoms in total. The van der Waals surface area contributed by atoms with Crippen LogP contribution in [0.15, 0.2) is 29.6 Å². The SMILES string of the molecule is CCNCc1cccc(OCc2nc(C)cs2)c1. The van der Waals surface area contributed by atoms with Crippen LogP contribution in [0.5, 0.6) is 5.75 Å². The van der Waals surface area contributed by atoms with E-state index in [1.165, 1.54) is 5.56 Å². The monoisotopic (exact) mass is 262 g/mol. The zero-order valence-electron chi connectivity index (χ0n) is 10.8. The fourth-order valence-electron chi connectivity index (χ4n) is 1.63. The molecule has 1 aromatic carbocycles. The first-order valence-electron chi connectivity index (χ1n) is 6.11. The van der Waals surface area contributed by atoms with E-state index in [4.69, 9.17) is 4.74 Å². The Hall–Kier alpha value is -1.39. The van der Waals surface area contributed by atoms with Crippen molar-refractivity contribution in [2.24, 2.45) is 0 Å². The Morgan fingerprint density at radius 2 is 2.28 bits per heavy atom. The zero-order chi connectivity index (χ0) is 12.8. The van der Waals surface area contributed by atoms with Crippen molar-refractivity contribution in [3.8, 4) is 5.75 Å². The third kappa shape index (κ3) is 3.82. The molecule has 0 aliphatic rings. The molecule has 0 aliphatic carbocycles. The summed E-state index contributed by atoms with van der Waals surface area (Å²) in [6, 6.07) is 8.18. The molecule has 4 heteroatoms. The number of hydrogen-bond donors (Lipinski definition) is 1. The van der Waals surface area contributed by atoms with Gasteiger partial charge >= 0.3 is 0 Å². The summed E-state index contributed by atoms with van der Waals surface area (Å²) in [5.41, 5.74) is 2.30. The van der Waals surface area contributed by atoms with Crippen LogP contribution in [0.1, 0.15) is 23.2 Å². The number of rotatable bonds is 6. The predicted molar refractivity (Wildman–Crippen MR) is 75.0 cm³/mol. The summed E-state index contributed by atoms with van der Waals surface area (Å²) >= 11 is 1.64. The van der Waals surface area contributed by atoms with E-state index in [1.807, 2.05) is 24.4 Å². The highest BCUT2D eigenvalue weighted by Crippen LogP contribution is 2.16. The molecule has 0 aliphatic heterocycles. The van der Waals surface area contributed by atoms with E-state index in [0.29, 0.717) is 6.61 Å². The van der Waals surface area contributed by atoms with Crippen LogP contribution in [0.3, 0.4) is 0 Å². The number of benzene rings is 1. The Labute approximate surface area is 112 Å². The normalized spacial score (nSPS) is 10.6. The summed E-state index contributed by atoms with van der Waals surface area (Å²) in [5, 5.41) is 6.36. The fraction of sp³-hybridized carbons (Fsp3) is 0.357. The summed E-state index contributed by atoms with van der Waals surface area (Å²) in [6.45, 7) is 6.50. The highest BCUT2D eigenvalue weighted by Gasteiger charge is 2.01. The van der Waals surface area contributed by atoms with E-state index < -0.39 is 0 Å². The van der Waals surface area contributed by atoms with E-state index in [0.717, 1.165) is 29.5 Å². The van der Waals surface area contributed by atoms with Gasteiger partial charge in [0.15, 0.2) is 0 Å². The lowest BCUT2D eigenvalue weighted by molar-refractivity contribution is 0.305. The summed E-state index contributed by atoms with van der Waals surface area (Å²) in [5.74, 6) is 0.901. The number of nitrogens with one attached hydrogen (secondary N) is 1. The standard InChI is InChI=1S/C14H18N2OS/c1-3-15-8-12-5-4-6-13(7-12)17-9-14-16-11(2)10-18-14/h4-7,10,15H,3,8-9H2,1-2H3. The molecule has 0 spiro atoms. The van der Waals surface area contributed by atoms with Gasteiger partial charge in [0.25, 0.3) is 0 Å². The van der Waals surface area contributed by atoms with Gasteiger partial charge in [-0.1, -0.05) is 19.1 Å². The van der Waals surface area contributed by atoms with E-state index in [2.05, 4.69) is 29.4 Å². The van der Waals surface area contributed by atoms with Crippen molar-refractivity contribution in [2.75, 3.05) is 6.54 Å². The summed E-state index contributed by atoms with van der Waals surface area (Å²) in [6.07, 6.45) is 0. The van der Waals surface area contributed by atoms with E-state index in [9.17, 15) is 0 Å². The van der Waals surface area contributed by atoms with Gasteiger partial charge in [-0.05, 0) is 31.2 Å². The maximum atomic E-state index is 5.75. The summed E-state index contributed by atoms with van der Waals surface area (Å²) in [7, 11) is 0. The predicted octanol–water partition coefficient (Wildman–Crippen LogP) is 3.14. The van der Waals surface area contributed by atoms with Gasteiger partial charge in [-0.15, -0.1) is 11.3 Å². The van der Waals surface area contributed by atoms with Gasteiger partial charge in [-0.25, -0.2) is 4.98 Å². The first-order valence-corrected chi connectivity index (χ1v) is 6.99. The minimum Gasteiger partial charge on any atom is -0.486 e. The van der Waals surface area contributed by atoms with Crippen molar-refractivity contribution < 1.29 is 4.74 Å². The highest BCUT2D eigenvalue weighted by molar-refractivity contribution is 7.09. The van der Waals surface area contributed by atoms with E-state index >= 15 is 0 Å². The third-order valence-corrected chi connectivity index (χ3v) is 3.45. The number of aromatic nitrogens is 1. The van der Waals surface area contributed by atoms with Crippen LogP contribution < -0.4 is 10.1 Å². The van der Waals surface area contributed by atoms with Gasteiger partial charge in [0.1, 0.15) is 17.4 Å². The second kappa shape index (κ2) is 6.52. The van der Waals surface area contributed by atoms with Crippen molar-refractivity contribution in [1.29, 1.82) is 0 Å². The average molecular weight is 262 g/mol. The van der Waals surface area contributed by atoms with Crippen LogP contribution in [0.2, 0.25) is 0 Å². The van der Waals surface area contributed by atoms with E-state index in [-0.39, 0.29) is 0 Å². The molecule has 1 heterocycles.